The number of hydrogen-bond acceptors (Lipinski definition) is 10. The predicted molar refractivity (Wildman–Crippen MR) is 127 cm³/mol. The molecule has 0 unspecified atom stereocenters. The number of hydrogen-bond donors (Lipinski definition) is 5. The van der Waals surface area contributed by atoms with E-state index in [0.29, 0.717) is 36.5 Å². The van der Waals surface area contributed by atoms with Crippen LogP contribution in [0.15, 0.2) is 33.0 Å². The van der Waals surface area contributed by atoms with Crippen molar-refractivity contribution in [2.24, 2.45) is 11.1 Å². The van der Waals surface area contributed by atoms with E-state index in [1.807, 2.05) is 0 Å². The molecule has 0 spiro atoms. The normalized spacial score (nSPS) is 25.7. The molecule has 35 heavy (non-hydrogen) atoms. The van der Waals surface area contributed by atoms with Crippen LogP contribution in [0, 0.1) is 5.92 Å². The Hall–Kier alpha value is -3.39. The van der Waals surface area contributed by atoms with Crippen LogP contribution >= 0.6 is 23.1 Å². The Morgan fingerprint density at radius 3 is 2.69 bits per heavy atom. The summed E-state index contributed by atoms with van der Waals surface area (Å²) in [5, 5.41) is 28.6. The summed E-state index contributed by atoms with van der Waals surface area (Å²) in [6.07, 6.45) is 3.18. The number of thiazole rings is 1. The van der Waals surface area contributed by atoms with Crippen molar-refractivity contribution in [1.29, 1.82) is 0 Å². The van der Waals surface area contributed by atoms with Gasteiger partial charge in [-0.05, 0) is 42.7 Å². The fourth-order valence-corrected chi connectivity index (χ4v) is 6.45. The minimum Gasteiger partial charge on any atom is -0.477 e. The number of allylic oxidation sites excluding steroid dienone is 1. The van der Waals surface area contributed by atoms with Gasteiger partial charge < -0.3 is 26.7 Å². The molecule has 12 nitrogen and oxygen atoms in total. The van der Waals surface area contributed by atoms with E-state index in [-0.39, 0.29) is 28.2 Å². The van der Waals surface area contributed by atoms with Gasteiger partial charge in [0.2, 0.25) is 5.91 Å². The Bertz CT molecular complexity index is 1230. The first-order valence-corrected chi connectivity index (χ1v) is 12.9. The van der Waals surface area contributed by atoms with Crippen LogP contribution < -0.4 is 16.4 Å². The van der Waals surface area contributed by atoms with Crippen LogP contribution in [-0.4, -0.2) is 73.3 Å². The van der Waals surface area contributed by atoms with Gasteiger partial charge in [0.15, 0.2) is 10.8 Å². The lowest BCUT2D eigenvalue weighted by atomic mass is 9.91. The zero-order valence-corrected chi connectivity index (χ0v) is 19.9. The topological polar surface area (TPSA) is 187 Å². The first-order valence-electron chi connectivity index (χ1n) is 11.0. The van der Waals surface area contributed by atoms with Crippen molar-refractivity contribution >= 4 is 57.6 Å². The molecule has 3 aliphatic heterocycles. The van der Waals surface area contributed by atoms with E-state index in [2.05, 4.69) is 20.8 Å². The molecule has 0 radical (unpaired) electrons. The maximum atomic E-state index is 13.1. The van der Waals surface area contributed by atoms with Crippen molar-refractivity contribution in [2.45, 2.75) is 37.1 Å². The second-order valence-electron chi connectivity index (χ2n) is 8.62. The summed E-state index contributed by atoms with van der Waals surface area (Å²) in [7, 11) is 0. The summed E-state index contributed by atoms with van der Waals surface area (Å²) >= 11 is 2.38. The molecule has 184 valence electrons. The molecule has 2 saturated heterocycles. The third kappa shape index (κ3) is 4.16. The molecule has 6 N–H and O–H groups in total. The molecule has 2 atom stereocenters. The van der Waals surface area contributed by atoms with Gasteiger partial charge in [-0.3, -0.25) is 19.3 Å². The van der Waals surface area contributed by atoms with E-state index >= 15 is 0 Å². The number of carbonyl (C=O) groups excluding carboxylic acids is 3. The summed E-state index contributed by atoms with van der Waals surface area (Å²) in [5.41, 5.74) is 6.90. The number of nitrogens with two attached hydrogens (primary N) is 1. The summed E-state index contributed by atoms with van der Waals surface area (Å²) in [5.74, 6) is -2.18. The lowest BCUT2D eigenvalue weighted by Crippen LogP contribution is -2.71. The van der Waals surface area contributed by atoms with Crippen LogP contribution in [0.2, 0.25) is 0 Å². The van der Waals surface area contributed by atoms with Crippen LogP contribution in [0.1, 0.15) is 31.4 Å². The van der Waals surface area contributed by atoms with Crippen LogP contribution in [0.4, 0.5) is 5.13 Å². The molecule has 0 bridgehead atoms. The highest BCUT2D eigenvalue weighted by Crippen LogP contribution is 2.46. The van der Waals surface area contributed by atoms with Crippen molar-refractivity contribution in [3.63, 3.8) is 0 Å². The molecule has 4 heterocycles. The number of rotatable bonds is 7. The molecule has 5 rings (SSSR count). The minimum absolute atomic E-state index is 0.0621. The Morgan fingerprint density at radius 2 is 2.11 bits per heavy atom. The van der Waals surface area contributed by atoms with Crippen LogP contribution in [-0.2, 0) is 19.2 Å². The van der Waals surface area contributed by atoms with E-state index in [1.165, 1.54) is 22.0 Å². The van der Waals surface area contributed by atoms with Gasteiger partial charge in [0.1, 0.15) is 22.8 Å². The number of carbonyl (C=O) groups is 4. The second-order valence-corrected chi connectivity index (χ2v) is 10.6. The third-order valence-corrected chi connectivity index (χ3v) is 8.34. The molecule has 14 heteroatoms. The number of aliphatic carboxylic acids is 1. The maximum Gasteiger partial charge on any atom is 0.352 e. The highest BCUT2D eigenvalue weighted by molar-refractivity contribution is 8.00. The molecule has 0 aromatic carbocycles. The highest BCUT2D eigenvalue weighted by atomic mass is 32.2. The number of nitrogens with zero attached hydrogens (tertiary/aromatic N) is 3. The van der Waals surface area contributed by atoms with Crippen LogP contribution in [0.25, 0.3) is 0 Å². The van der Waals surface area contributed by atoms with Gasteiger partial charge in [-0.15, -0.1) is 23.1 Å². The van der Waals surface area contributed by atoms with Crippen molar-refractivity contribution in [2.75, 3.05) is 18.0 Å². The minimum atomic E-state index is -1.26. The Kier molecular flexibility index (Phi) is 6.01. The lowest BCUT2D eigenvalue weighted by Gasteiger charge is -2.49. The monoisotopic (exact) mass is 518 g/mol. The molecule has 1 saturated carbocycles. The molecule has 3 fully saturated rings. The molecule has 1 aromatic heterocycles. The number of anilines is 1. The third-order valence-electron chi connectivity index (χ3n) is 6.39. The number of β-lactam (4-membered cyclic amide) rings is 1. The van der Waals surface area contributed by atoms with Gasteiger partial charge in [0.25, 0.3) is 11.8 Å². The average Bonchev–Trinajstić information content (AvgIpc) is 3.40. The summed E-state index contributed by atoms with van der Waals surface area (Å²) in [6, 6.07) is -1.01. The first-order chi connectivity index (χ1) is 16.8. The number of carboxylic acid groups (broad SMARTS) is 1. The number of fused-ring (bicyclic) bond motifs is 1. The average molecular weight is 519 g/mol. The zero-order chi connectivity index (χ0) is 24.9. The van der Waals surface area contributed by atoms with Gasteiger partial charge in [0, 0.05) is 23.3 Å². The van der Waals surface area contributed by atoms with E-state index in [4.69, 9.17) is 5.73 Å². The fourth-order valence-electron chi connectivity index (χ4n) is 4.52. The van der Waals surface area contributed by atoms with Gasteiger partial charge in [-0.2, -0.15) is 0 Å². The number of nitrogen functional groups attached to an aromatic ring is 1. The van der Waals surface area contributed by atoms with Crippen LogP contribution in [0.3, 0.4) is 0 Å². The van der Waals surface area contributed by atoms with E-state index in [9.17, 15) is 29.5 Å². The van der Waals surface area contributed by atoms with Crippen LogP contribution in [0.5, 0.6) is 0 Å². The molecule has 3 amide bonds. The van der Waals surface area contributed by atoms with Crippen molar-refractivity contribution < 1.29 is 29.5 Å². The van der Waals surface area contributed by atoms with Gasteiger partial charge in [0.05, 0.1) is 0 Å². The van der Waals surface area contributed by atoms with E-state index < -0.39 is 34.9 Å². The van der Waals surface area contributed by atoms with Gasteiger partial charge >= 0.3 is 5.97 Å². The smallest absolute Gasteiger partial charge is 0.352 e. The SMILES string of the molecule is Nc1nc(/C(=N/O)C(=O)N[C@@H]2C(=O)N3C(C(=O)O)=C(/C(CC4CC4)=C4\CCNC4=O)CS[C@H]23)cs1. The lowest BCUT2D eigenvalue weighted by molar-refractivity contribution is -0.150. The van der Waals surface area contributed by atoms with Crippen molar-refractivity contribution in [1.82, 2.24) is 20.5 Å². The number of amides is 3. The number of oxime groups is 1. The number of aromatic nitrogens is 1. The molecular weight excluding hydrogens is 496 g/mol. The summed E-state index contributed by atoms with van der Waals surface area (Å²) in [6.45, 7) is 0.504. The number of nitrogens with one attached hydrogen (secondary N) is 2. The predicted octanol–water partition coefficient (Wildman–Crippen LogP) is 0.259. The van der Waals surface area contributed by atoms with Gasteiger partial charge in [-0.25, -0.2) is 9.78 Å². The van der Waals surface area contributed by atoms with E-state index in [1.54, 1.807) is 0 Å². The number of carboxylic acids is 1. The fraction of sp³-hybridized carbons (Fsp3) is 0.429. The first kappa shape index (κ1) is 23.4. The van der Waals surface area contributed by atoms with E-state index in [0.717, 1.165) is 29.8 Å². The maximum absolute atomic E-state index is 13.1. The van der Waals surface area contributed by atoms with Crippen molar-refractivity contribution in [3.8, 4) is 0 Å². The summed E-state index contributed by atoms with van der Waals surface area (Å²) < 4.78 is 0. The highest BCUT2D eigenvalue weighted by Gasteiger charge is 2.55. The molecular formula is C21H22N6O6S2. The van der Waals surface area contributed by atoms with Gasteiger partial charge in [-0.1, -0.05) is 5.16 Å². The molecule has 4 aliphatic rings. The Morgan fingerprint density at radius 1 is 1.34 bits per heavy atom. The second kappa shape index (κ2) is 9.00. The standard InChI is InChI=1S/C21H22N6O6S2/c22-21-24-12(7-35-21)13(26-33)17(29)25-14-18(30)27-15(20(31)32)11(6-34-19(14)27)10(5-8-1-2-8)9-3-4-23-16(9)28/h7-8,14,19,33H,1-6H2,(H2,22,24)(H,23,28)(H,25,29)(H,31,32)/b10-9+,26-13-/t14-,19-/m1/s1. The van der Waals surface area contributed by atoms with Crippen molar-refractivity contribution in [3.05, 3.63) is 33.5 Å². The molecule has 1 aromatic rings. The number of thioether (sulfide) groups is 1. The zero-order valence-electron chi connectivity index (χ0n) is 18.3. The molecule has 1 aliphatic carbocycles. The largest absolute Gasteiger partial charge is 0.477 e. The quantitative estimate of drug-likeness (QED) is 0.111. The summed E-state index contributed by atoms with van der Waals surface area (Å²) in [4.78, 5) is 55.6. The Labute approximate surface area is 207 Å². The Balaban J connectivity index is 1.42.